The number of likely N-dealkylation sites (N-methyl/N-ethyl adjacent to an activating group) is 1. The third kappa shape index (κ3) is 6.56. The molecule has 132 valence electrons. The molecule has 1 aromatic rings. The molecule has 0 amide bonds. The fourth-order valence-electron chi connectivity index (χ4n) is 2.12. The summed E-state index contributed by atoms with van der Waals surface area (Å²) < 4.78 is 49.2. The van der Waals surface area contributed by atoms with Crippen LogP contribution >= 0.6 is 0 Å². The summed E-state index contributed by atoms with van der Waals surface area (Å²) in [4.78, 5) is 2.06. The van der Waals surface area contributed by atoms with Gasteiger partial charge in [0.05, 0.1) is 9.79 Å². The van der Waals surface area contributed by atoms with E-state index in [9.17, 15) is 16.8 Å². The molecule has 0 atom stereocenters. The van der Waals surface area contributed by atoms with E-state index in [1.54, 1.807) is 0 Å². The predicted octanol–water partition coefficient (Wildman–Crippen LogP) is 0.590. The number of nitrogens with two attached hydrogens (primary N) is 1. The van der Waals surface area contributed by atoms with E-state index in [0.29, 0.717) is 19.0 Å². The van der Waals surface area contributed by atoms with Crippen LogP contribution in [0.25, 0.3) is 0 Å². The highest BCUT2D eigenvalue weighted by Gasteiger charge is 2.16. The number of primary sulfonamides is 1. The second-order valence-electron chi connectivity index (χ2n) is 5.70. The Kier molecular flexibility index (Phi) is 7.15. The molecule has 0 unspecified atom stereocenters. The quantitative estimate of drug-likeness (QED) is 0.667. The average molecular weight is 364 g/mol. The highest BCUT2D eigenvalue weighted by molar-refractivity contribution is 7.89. The summed E-state index contributed by atoms with van der Waals surface area (Å²) in [6.07, 6.45) is 0. The number of sulfonamides is 2. The van der Waals surface area contributed by atoms with Gasteiger partial charge >= 0.3 is 0 Å². The molecule has 1 aromatic carbocycles. The van der Waals surface area contributed by atoms with E-state index >= 15 is 0 Å². The summed E-state index contributed by atoms with van der Waals surface area (Å²) in [6.45, 7) is 8.91. The molecule has 7 nitrogen and oxygen atoms in total. The maximum Gasteiger partial charge on any atom is 0.240 e. The van der Waals surface area contributed by atoms with E-state index < -0.39 is 20.0 Å². The van der Waals surface area contributed by atoms with Crippen LogP contribution in [0.4, 0.5) is 0 Å². The van der Waals surface area contributed by atoms with E-state index in [2.05, 4.69) is 23.5 Å². The molecule has 23 heavy (non-hydrogen) atoms. The van der Waals surface area contributed by atoms with Crippen LogP contribution in [0.5, 0.6) is 0 Å². The van der Waals surface area contributed by atoms with Gasteiger partial charge in [0, 0.05) is 19.6 Å². The zero-order valence-electron chi connectivity index (χ0n) is 13.7. The van der Waals surface area contributed by atoms with Gasteiger partial charge in [0.15, 0.2) is 0 Å². The topological polar surface area (TPSA) is 110 Å². The minimum atomic E-state index is -3.83. The molecule has 0 aromatic heterocycles. The third-order valence-electron chi connectivity index (χ3n) is 3.25. The molecular formula is C14H25N3O4S2. The highest BCUT2D eigenvalue weighted by atomic mass is 32.2. The molecule has 0 fully saturated rings. The van der Waals surface area contributed by atoms with Crippen LogP contribution in [0.3, 0.4) is 0 Å². The Morgan fingerprint density at radius 2 is 1.61 bits per heavy atom. The van der Waals surface area contributed by atoms with Crippen molar-refractivity contribution >= 4 is 20.0 Å². The highest BCUT2D eigenvalue weighted by Crippen LogP contribution is 2.13. The van der Waals surface area contributed by atoms with Gasteiger partial charge in [0.1, 0.15) is 0 Å². The molecule has 0 saturated carbocycles. The van der Waals surface area contributed by atoms with Gasteiger partial charge in [0.2, 0.25) is 20.0 Å². The molecule has 0 radical (unpaired) electrons. The number of hydrogen-bond donors (Lipinski definition) is 2. The van der Waals surface area contributed by atoms with Crippen molar-refractivity contribution in [2.45, 2.75) is 30.6 Å². The van der Waals surface area contributed by atoms with E-state index in [-0.39, 0.29) is 9.79 Å². The predicted molar refractivity (Wildman–Crippen MR) is 90.0 cm³/mol. The van der Waals surface area contributed by atoms with Gasteiger partial charge in [-0.05, 0) is 36.7 Å². The molecular weight excluding hydrogens is 338 g/mol. The van der Waals surface area contributed by atoms with Crippen molar-refractivity contribution in [1.82, 2.24) is 9.62 Å². The first kappa shape index (κ1) is 20.0. The largest absolute Gasteiger partial charge is 0.302 e. The zero-order valence-corrected chi connectivity index (χ0v) is 15.3. The maximum absolute atomic E-state index is 12.2. The first-order chi connectivity index (χ1) is 10.6. The van der Waals surface area contributed by atoms with Gasteiger partial charge in [-0.25, -0.2) is 26.7 Å². The maximum atomic E-state index is 12.2. The molecule has 0 saturated heterocycles. The number of rotatable bonds is 9. The van der Waals surface area contributed by atoms with Crippen molar-refractivity contribution < 1.29 is 16.8 Å². The molecule has 1 rings (SSSR count). The lowest BCUT2D eigenvalue weighted by atomic mass is 10.2. The van der Waals surface area contributed by atoms with E-state index in [4.69, 9.17) is 5.14 Å². The Hall–Kier alpha value is -1.00. The molecule has 9 heteroatoms. The molecule has 0 aliphatic rings. The van der Waals surface area contributed by atoms with E-state index in [1.807, 2.05) is 6.92 Å². The first-order valence-corrected chi connectivity index (χ1v) is 10.4. The molecule has 0 spiro atoms. The summed E-state index contributed by atoms with van der Waals surface area (Å²) in [7, 11) is -7.50. The second-order valence-corrected chi connectivity index (χ2v) is 9.03. The van der Waals surface area contributed by atoms with Crippen molar-refractivity contribution in [3.8, 4) is 0 Å². The van der Waals surface area contributed by atoms with Gasteiger partial charge in [-0.15, -0.1) is 0 Å². The van der Waals surface area contributed by atoms with Gasteiger partial charge in [0.25, 0.3) is 0 Å². The van der Waals surface area contributed by atoms with Crippen LogP contribution in [0.15, 0.2) is 34.1 Å². The number of hydrogen-bond acceptors (Lipinski definition) is 5. The lowest BCUT2D eigenvalue weighted by Gasteiger charge is -2.22. The Labute approximate surface area is 139 Å². The van der Waals surface area contributed by atoms with Crippen LogP contribution in [0, 0.1) is 5.92 Å². The SMILES string of the molecule is CCN(CCNS(=O)(=O)c1ccc(S(N)(=O)=O)cc1)CC(C)C. The Morgan fingerprint density at radius 3 is 2.04 bits per heavy atom. The Morgan fingerprint density at radius 1 is 1.09 bits per heavy atom. The van der Waals surface area contributed by atoms with Gasteiger partial charge in [-0.2, -0.15) is 0 Å². The Bertz CT molecular complexity index is 698. The van der Waals surface area contributed by atoms with Crippen molar-refractivity contribution in [2.75, 3.05) is 26.2 Å². The average Bonchev–Trinajstić information content (AvgIpc) is 2.45. The third-order valence-corrected chi connectivity index (χ3v) is 5.66. The molecule has 0 bridgehead atoms. The van der Waals surface area contributed by atoms with Gasteiger partial charge in [-0.3, -0.25) is 0 Å². The lowest BCUT2D eigenvalue weighted by molar-refractivity contribution is 0.260. The second kappa shape index (κ2) is 8.20. The van der Waals surface area contributed by atoms with Crippen molar-refractivity contribution in [1.29, 1.82) is 0 Å². The normalized spacial score (nSPS) is 13.0. The summed E-state index contributed by atoms with van der Waals surface area (Å²) in [5.74, 6) is 0.511. The van der Waals surface area contributed by atoms with Crippen molar-refractivity contribution in [3.05, 3.63) is 24.3 Å². The van der Waals surface area contributed by atoms with E-state index in [1.165, 1.54) is 24.3 Å². The van der Waals surface area contributed by atoms with E-state index in [0.717, 1.165) is 13.1 Å². The smallest absolute Gasteiger partial charge is 0.240 e. The summed E-state index contributed by atoms with van der Waals surface area (Å²) in [6, 6.07) is 4.82. The monoisotopic (exact) mass is 363 g/mol. The molecule has 3 N–H and O–H groups in total. The van der Waals surface area contributed by atoms with Crippen LogP contribution in [0.2, 0.25) is 0 Å². The van der Waals surface area contributed by atoms with Crippen molar-refractivity contribution in [3.63, 3.8) is 0 Å². The number of nitrogens with zero attached hydrogens (tertiary/aromatic N) is 1. The number of benzene rings is 1. The summed E-state index contributed by atoms with van der Waals surface area (Å²) in [5.41, 5.74) is 0. The zero-order chi connectivity index (χ0) is 17.7. The standard InChI is InChI=1S/C14H25N3O4S2/c1-4-17(11-12(2)3)10-9-16-23(20,21)14-7-5-13(6-8-14)22(15,18)19/h5-8,12,16H,4,9-11H2,1-3H3,(H2,15,18,19). The lowest BCUT2D eigenvalue weighted by Crippen LogP contribution is -2.36. The fraction of sp³-hybridized carbons (Fsp3) is 0.571. The van der Waals surface area contributed by atoms with Crippen LogP contribution in [-0.4, -0.2) is 47.9 Å². The molecule has 0 aliphatic carbocycles. The fourth-order valence-corrected chi connectivity index (χ4v) is 3.66. The molecule has 0 heterocycles. The summed E-state index contributed by atoms with van der Waals surface area (Å²) >= 11 is 0. The minimum absolute atomic E-state index is 0.0109. The van der Waals surface area contributed by atoms with Crippen LogP contribution in [0.1, 0.15) is 20.8 Å². The van der Waals surface area contributed by atoms with Gasteiger partial charge < -0.3 is 4.90 Å². The molecule has 0 aliphatic heterocycles. The van der Waals surface area contributed by atoms with Gasteiger partial charge in [-0.1, -0.05) is 20.8 Å². The van der Waals surface area contributed by atoms with Crippen LogP contribution in [-0.2, 0) is 20.0 Å². The minimum Gasteiger partial charge on any atom is -0.302 e. The van der Waals surface area contributed by atoms with Crippen molar-refractivity contribution in [2.24, 2.45) is 11.1 Å². The Balaban J connectivity index is 2.69. The summed E-state index contributed by atoms with van der Waals surface area (Å²) in [5, 5.41) is 4.99. The number of nitrogens with one attached hydrogen (secondary N) is 1. The first-order valence-electron chi connectivity index (χ1n) is 7.41. The van der Waals surface area contributed by atoms with Crippen LogP contribution < -0.4 is 9.86 Å².